The standard InChI is InChI=1S/C10H8FN3O/c11-8-4-2-1-3-7(8)5-10(15)9-6-12-14-13-9/h1-4,6H,5H2,(H,12,13,14). The van der Waals surface area contributed by atoms with E-state index in [9.17, 15) is 9.18 Å². The highest BCUT2D eigenvalue weighted by atomic mass is 19.1. The van der Waals surface area contributed by atoms with Crippen LogP contribution in [-0.4, -0.2) is 21.2 Å². The van der Waals surface area contributed by atoms with Gasteiger partial charge in [0, 0.05) is 6.42 Å². The molecule has 2 rings (SSSR count). The largest absolute Gasteiger partial charge is 0.292 e. The summed E-state index contributed by atoms with van der Waals surface area (Å²) >= 11 is 0. The second-order valence-electron chi connectivity index (χ2n) is 3.05. The molecule has 0 bridgehead atoms. The normalized spacial score (nSPS) is 10.2. The lowest BCUT2D eigenvalue weighted by molar-refractivity contribution is 0.0987. The molecule has 0 aliphatic rings. The molecule has 0 amide bonds. The number of ketones is 1. The molecule has 0 aliphatic heterocycles. The van der Waals surface area contributed by atoms with Gasteiger partial charge in [0.05, 0.1) is 6.20 Å². The molecule has 15 heavy (non-hydrogen) atoms. The topological polar surface area (TPSA) is 58.6 Å². The molecular weight excluding hydrogens is 197 g/mol. The number of halogens is 1. The van der Waals surface area contributed by atoms with Crippen molar-refractivity contribution in [2.24, 2.45) is 0 Å². The average Bonchev–Trinajstić information content (AvgIpc) is 2.74. The summed E-state index contributed by atoms with van der Waals surface area (Å²) in [6.45, 7) is 0. The molecule has 1 aromatic carbocycles. The lowest BCUT2D eigenvalue weighted by atomic mass is 10.1. The van der Waals surface area contributed by atoms with Crippen LogP contribution in [0, 0.1) is 5.82 Å². The van der Waals surface area contributed by atoms with E-state index in [1.54, 1.807) is 18.2 Å². The number of benzene rings is 1. The predicted molar refractivity (Wildman–Crippen MR) is 50.8 cm³/mol. The maximum absolute atomic E-state index is 13.2. The van der Waals surface area contributed by atoms with Gasteiger partial charge in [0.1, 0.15) is 11.5 Å². The van der Waals surface area contributed by atoms with Gasteiger partial charge in [-0.2, -0.15) is 15.4 Å². The van der Waals surface area contributed by atoms with E-state index in [2.05, 4.69) is 15.4 Å². The van der Waals surface area contributed by atoms with Gasteiger partial charge in [0.25, 0.3) is 0 Å². The van der Waals surface area contributed by atoms with Crippen molar-refractivity contribution in [3.8, 4) is 0 Å². The molecule has 1 aromatic heterocycles. The van der Waals surface area contributed by atoms with E-state index in [0.29, 0.717) is 5.56 Å². The van der Waals surface area contributed by atoms with Crippen molar-refractivity contribution in [2.75, 3.05) is 0 Å². The van der Waals surface area contributed by atoms with Crippen molar-refractivity contribution in [2.45, 2.75) is 6.42 Å². The fraction of sp³-hybridized carbons (Fsp3) is 0.100. The summed E-state index contributed by atoms with van der Waals surface area (Å²) in [4.78, 5) is 11.5. The van der Waals surface area contributed by atoms with Gasteiger partial charge in [-0.1, -0.05) is 18.2 Å². The predicted octanol–water partition coefficient (Wildman–Crippen LogP) is 1.37. The number of nitrogens with zero attached hydrogens (tertiary/aromatic N) is 2. The Balaban J connectivity index is 2.17. The molecule has 1 N–H and O–H groups in total. The van der Waals surface area contributed by atoms with E-state index >= 15 is 0 Å². The second-order valence-corrected chi connectivity index (χ2v) is 3.05. The summed E-state index contributed by atoms with van der Waals surface area (Å²) in [5.74, 6) is -0.636. The van der Waals surface area contributed by atoms with Crippen LogP contribution in [0.5, 0.6) is 0 Å². The zero-order valence-electron chi connectivity index (χ0n) is 7.77. The highest BCUT2D eigenvalue weighted by Gasteiger charge is 2.11. The number of carbonyl (C=O) groups is 1. The number of nitrogens with one attached hydrogen (secondary N) is 1. The first kappa shape index (κ1) is 9.51. The number of carbonyl (C=O) groups excluding carboxylic acids is 1. The third-order valence-electron chi connectivity index (χ3n) is 2.01. The average molecular weight is 205 g/mol. The molecule has 0 radical (unpaired) electrons. The summed E-state index contributed by atoms with van der Waals surface area (Å²) < 4.78 is 13.2. The number of Topliss-reactive ketones (excluding diaryl/α,β-unsaturated/α-hetero) is 1. The third kappa shape index (κ3) is 2.07. The number of hydrogen-bond acceptors (Lipinski definition) is 3. The third-order valence-corrected chi connectivity index (χ3v) is 2.01. The lowest BCUT2D eigenvalue weighted by Crippen LogP contribution is -2.05. The van der Waals surface area contributed by atoms with Crippen LogP contribution >= 0.6 is 0 Å². The quantitative estimate of drug-likeness (QED) is 0.770. The van der Waals surface area contributed by atoms with Gasteiger partial charge in [-0.3, -0.25) is 4.79 Å². The van der Waals surface area contributed by atoms with Crippen molar-refractivity contribution in [1.82, 2.24) is 15.4 Å². The van der Waals surface area contributed by atoms with E-state index < -0.39 is 0 Å². The highest BCUT2D eigenvalue weighted by molar-refractivity contribution is 5.95. The molecule has 2 aromatic rings. The van der Waals surface area contributed by atoms with Crippen LogP contribution in [0.3, 0.4) is 0 Å². The van der Waals surface area contributed by atoms with Gasteiger partial charge in [0.2, 0.25) is 0 Å². The van der Waals surface area contributed by atoms with E-state index in [0.717, 1.165) is 0 Å². The number of aromatic amines is 1. The highest BCUT2D eigenvalue weighted by Crippen LogP contribution is 2.09. The van der Waals surface area contributed by atoms with Crippen LogP contribution in [0.1, 0.15) is 16.1 Å². The zero-order chi connectivity index (χ0) is 10.7. The number of hydrogen-bond donors (Lipinski definition) is 1. The summed E-state index contributed by atoms with van der Waals surface area (Å²) in [5, 5.41) is 9.49. The molecule has 0 fully saturated rings. The van der Waals surface area contributed by atoms with Crippen LogP contribution in [0.4, 0.5) is 4.39 Å². The van der Waals surface area contributed by atoms with Gasteiger partial charge < -0.3 is 0 Å². The molecule has 0 unspecified atom stereocenters. The van der Waals surface area contributed by atoms with Crippen molar-refractivity contribution in [3.63, 3.8) is 0 Å². The Morgan fingerprint density at radius 3 is 2.87 bits per heavy atom. The van der Waals surface area contributed by atoms with Gasteiger partial charge in [-0.15, -0.1) is 0 Å². The molecule has 0 saturated heterocycles. The fourth-order valence-corrected chi connectivity index (χ4v) is 1.24. The van der Waals surface area contributed by atoms with Crippen molar-refractivity contribution in [3.05, 3.63) is 47.5 Å². The summed E-state index contributed by atoms with van der Waals surface area (Å²) in [6.07, 6.45) is 1.32. The first-order chi connectivity index (χ1) is 7.27. The van der Waals surface area contributed by atoms with Crippen LogP contribution < -0.4 is 0 Å². The van der Waals surface area contributed by atoms with Gasteiger partial charge >= 0.3 is 0 Å². The molecule has 76 valence electrons. The Bertz CT molecular complexity index is 467. The van der Waals surface area contributed by atoms with Crippen LogP contribution in [0.2, 0.25) is 0 Å². The minimum Gasteiger partial charge on any atom is -0.292 e. The summed E-state index contributed by atoms with van der Waals surface area (Å²) in [7, 11) is 0. The van der Waals surface area contributed by atoms with Crippen molar-refractivity contribution >= 4 is 5.78 Å². The van der Waals surface area contributed by atoms with E-state index in [-0.39, 0.29) is 23.7 Å². The van der Waals surface area contributed by atoms with E-state index in [1.165, 1.54) is 12.3 Å². The molecule has 0 saturated carbocycles. The minimum absolute atomic E-state index is 0.000787. The Morgan fingerprint density at radius 2 is 2.20 bits per heavy atom. The molecule has 0 spiro atoms. The SMILES string of the molecule is O=C(Cc1ccccc1F)c1cn[nH]n1. The first-order valence-corrected chi connectivity index (χ1v) is 4.40. The van der Waals surface area contributed by atoms with Crippen LogP contribution in [0.15, 0.2) is 30.5 Å². The van der Waals surface area contributed by atoms with Gasteiger partial charge in [-0.25, -0.2) is 4.39 Å². The molecule has 0 atom stereocenters. The Hall–Kier alpha value is -2.04. The molecule has 1 heterocycles. The zero-order valence-corrected chi connectivity index (χ0v) is 7.77. The van der Waals surface area contributed by atoms with Crippen LogP contribution in [0.25, 0.3) is 0 Å². The number of aromatic nitrogens is 3. The van der Waals surface area contributed by atoms with Crippen molar-refractivity contribution in [1.29, 1.82) is 0 Å². The number of rotatable bonds is 3. The maximum atomic E-state index is 13.2. The van der Waals surface area contributed by atoms with Gasteiger partial charge in [-0.05, 0) is 11.6 Å². The van der Waals surface area contributed by atoms with Gasteiger partial charge in [0.15, 0.2) is 5.78 Å². The minimum atomic E-state index is -0.380. The summed E-state index contributed by atoms with van der Waals surface area (Å²) in [6, 6.07) is 6.17. The smallest absolute Gasteiger partial charge is 0.189 e. The number of H-pyrrole nitrogens is 1. The monoisotopic (exact) mass is 205 g/mol. The maximum Gasteiger partial charge on any atom is 0.189 e. The Labute approximate surface area is 85.1 Å². The van der Waals surface area contributed by atoms with Crippen LogP contribution in [-0.2, 0) is 6.42 Å². The summed E-state index contributed by atoms with van der Waals surface area (Å²) in [5.41, 5.74) is 0.587. The molecular formula is C10H8FN3O. The fourth-order valence-electron chi connectivity index (χ4n) is 1.24. The second kappa shape index (κ2) is 4.00. The Kier molecular flexibility index (Phi) is 2.53. The van der Waals surface area contributed by atoms with Crippen molar-refractivity contribution < 1.29 is 9.18 Å². The molecule has 5 heteroatoms. The van der Waals surface area contributed by atoms with E-state index in [1.807, 2.05) is 0 Å². The molecule has 4 nitrogen and oxygen atoms in total. The first-order valence-electron chi connectivity index (χ1n) is 4.40. The lowest BCUT2D eigenvalue weighted by Gasteiger charge is -1.99. The van der Waals surface area contributed by atoms with E-state index in [4.69, 9.17) is 0 Å². The Morgan fingerprint density at radius 1 is 1.40 bits per heavy atom. The molecule has 0 aliphatic carbocycles.